The molecule has 4 N–H and O–H groups in total. The van der Waals surface area contributed by atoms with Crippen molar-refractivity contribution in [2.45, 2.75) is 6.04 Å². The Balaban J connectivity index is 1.96. The first-order valence-corrected chi connectivity index (χ1v) is 6.37. The second-order valence-electron chi connectivity index (χ2n) is 4.44. The van der Waals surface area contributed by atoms with E-state index in [1.54, 1.807) is 0 Å². The lowest BCUT2D eigenvalue weighted by molar-refractivity contribution is 0.910. The summed E-state index contributed by atoms with van der Waals surface area (Å²) in [4.78, 5) is 4.10. The first-order valence-electron chi connectivity index (χ1n) is 6.37. The molecule has 5 heteroatoms. The van der Waals surface area contributed by atoms with Crippen LogP contribution >= 0.6 is 0 Å². The Morgan fingerprint density at radius 2 is 1.45 bits per heavy atom. The highest BCUT2D eigenvalue weighted by molar-refractivity contribution is 5.41. The molecule has 0 saturated carbocycles. The lowest BCUT2D eigenvalue weighted by Gasteiger charge is -2.18. The van der Waals surface area contributed by atoms with Gasteiger partial charge in [-0.15, -0.1) is 5.10 Å². The minimum atomic E-state index is -0.0207. The molecule has 0 fully saturated rings. The lowest BCUT2D eigenvalue weighted by Crippen LogP contribution is -2.13. The Kier molecular flexibility index (Phi) is 3.33. The minimum absolute atomic E-state index is 0.0207. The van der Waals surface area contributed by atoms with E-state index in [4.69, 9.17) is 5.73 Å². The number of nitrogens with one attached hydrogen (secondary N) is 2. The Bertz CT molecular complexity index is 624. The number of aromatic amines is 1. The second-order valence-corrected chi connectivity index (χ2v) is 4.44. The van der Waals surface area contributed by atoms with E-state index in [0.29, 0.717) is 11.9 Å². The zero-order chi connectivity index (χ0) is 13.8. The normalized spacial score (nSPS) is 10.7. The molecule has 0 atom stereocenters. The molecule has 0 saturated heterocycles. The molecule has 0 unspecified atom stereocenters. The molecule has 20 heavy (non-hydrogen) atoms. The van der Waals surface area contributed by atoms with Crippen LogP contribution in [0.25, 0.3) is 0 Å². The summed E-state index contributed by atoms with van der Waals surface area (Å²) in [6, 6.07) is 20.3. The monoisotopic (exact) mass is 265 g/mol. The van der Waals surface area contributed by atoms with E-state index in [-0.39, 0.29) is 6.04 Å². The SMILES string of the molecule is Nc1nc(NC(c2ccccc2)c2ccccc2)n[nH]1. The number of H-pyrrole nitrogens is 1. The van der Waals surface area contributed by atoms with Crippen LogP contribution < -0.4 is 11.1 Å². The van der Waals surface area contributed by atoms with E-state index in [1.165, 1.54) is 0 Å². The van der Waals surface area contributed by atoms with Crippen LogP contribution in [0.4, 0.5) is 11.9 Å². The van der Waals surface area contributed by atoms with Gasteiger partial charge in [0.25, 0.3) is 0 Å². The van der Waals surface area contributed by atoms with Crippen LogP contribution in [0.1, 0.15) is 17.2 Å². The van der Waals surface area contributed by atoms with E-state index in [1.807, 2.05) is 36.4 Å². The van der Waals surface area contributed by atoms with Gasteiger partial charge in [0.1, 0.15) is 0 Å². The zero-order valence-electron chi connectivity index (χ0n) is 10.8. The predicted octanol–water partition coefficient (Wildman–Crippen LogP) is 2.59. The maximum atomic E-state index is 5.56. The molecule has 0 amide bonds. The summed E-state index contributed by atoms with van der Waals surface area (Å²) in [7, 11) is 0. The Labute approximate surface area is 116 Å². The summed E-state index contributed by atoms with van der Waals surface area (Å²) < 4.78 is 0. The molecule has 0 radical (unpaired) electrons. The van der Waals surface area contributed by atoms with Crippen molar-refractivity contribution < 1.29 is 0 Å². The number of nitrogen functional groups attached to an aromatic ring is 1. The van der Waals surface area contributed by atoms with Gasteiger partial charge in [-0.2, -0.15) is 4.98 Å². The third kappa shape index (κ3) is 2.61. The van der Waals surface area contributed by atoms with Gasteiger partial charge >= 0.3 is 0 Å². The van der Waals surface area contributed by atoms with Gasteiger partial charge in [-0.25, -0.2) is 5.10 Å². The zero-order valence-corrected chi connectivity index (χ0v) is 10.8. The fourth-order valence-corrected chi connectivity index (χ4v) is 2.12. The number of hydrogen-bond acceptors (Lipinski definition) is 4. The van der Waals surface area contributed by atoms with Gasteiger partial charge in [-0.1, -0.05) is 60.7 Å². The molecule has 0 spiro atoms. The fourth-order valence-electron chi connectivity index (χ4n) is 2.12. The summed E-state index contributed by atoms with van der Waals surface area (Å²) in [6.07, 6.45) is 0. The maximum Gasteiger partial charge on any atom is 0.244 e. The topological polar surface area (TPSA) is 79.6 Å². The van der Waals surface area contributed by atoms with Crippen LogP contribution in [-0.2, 0) is 0 Å². The van der Waals surface area contributed by atoms with Crippen molar-refractivity contribution in [2.75, 3.05) is 11.1 Å². The van der Waals surface area contributed by atoms with Crippen LogP contribution in [0.3, 0.4) is 0 Å². The molecule has 1 aromatic heterocycles. The van der Waals surface area contributed by atoms with Crippen molar-refractivity contribution in [2.24, 2.45) is 0 Å². The highest BCUT2D eigenvalue weighted by atomic mass is 15.3. The van der Waals surface area contributed by atoms with Crippen molar-refractivity contribution in [3.05, 3.63) is 71.8 Å². The number of hydrogen-bond donors (Lipinski definition) is 3. The van der Waals surface area contributed by atoms with Gasteiger partial charge in [0, 0.05) is 0 Å². The third-order valence-corrected chi connectivity index (χ3v) is 3.04. The largest absolute Gasteiger partial charge is 0.368 e. The molecule has 0 bridgehead atoms. The number of aromatic nitrogens is 3. The minimum Gasteiger partial charge on any atom is -0.368 e. The van der Waals surface area contributed by atoms with Crippen molar-refractivity contribution in [3.8, 4) is 0 Å². The lowest BCUT2D eigenvalue weighted by atomic mass is 9.99. The first-order chi connectivity index (χ1) is 9.83. The van der Waals surface area contributed by atoms with E-state index >= 15 is 0 Å². The molecular formula is C15H15N5. The molecule has 1 heterocycles. The van der Waals surface area contributed by atoms with Gasteiger partial charge in [0.05, 0.1) is 6.04 Å². The smallest absolute Gasteiger partial charge is 0.244 e. The van der Waals surface area contributed by atoms with Gasteiger partial charge in [-0.05, 0) is 11.1 Å². The molecule has 0 aliphatic rings. The number of anilines is 2. The van der Waals surface area contributed by atoms with Crippen molar-refractivity contribution >= 4 is 11.9 Å². The molecule has 3 aromatic rings. The summed E-state index contributed by atoms with van der Waals surface area (Å²) in [6.45, 7) is 0. The molecule has 5 nitrogen and oxygen atoms in total. The van der Waals surface area contributed by atoms with E-state index in [2.05, 4.69) is 44.8 Å². The maximum absolute atomic E-state index is 5.56. The van der Waals surface area contributed by atoms with Gasteiger partial charge in [0.15, 0.2) is 0 Å². The van der Waals surface area contributed by atoms with Crippen LogP contribution in [0.2, 0.25) is 0 Å². The first kappa shape index (κ1) is 12.2. The average Bonchev–Trinajstić information content (AvgIpc) is 2.92. The quantitative estimate of drug-likeness (QED) is 0.677. The van der Waals surface area contributed by atoms with Crippen LogP contribution in [0, 0.1) is 0 Å². The molecule has 0 aliphatic carbocycles. The van der Waals surface area contributed by atoms with Crippen LogP contribution in [0.15, 0.2) is 60.7 Å². The van der Waals surface area contributed by atoms with Gasteiger partial charge < -0.3 is 11.1 Å². The van der Waals surface area contributed by atoms with Crippen molar-refractivity contribution in [1.82, 2.24) is 15.2 Å². The van der Waals surface area contributed by atoms with Crippen molar-refractivity contribution in [3.63, 3.8) is 0 Å². The Hall–Kier alpha value is -2.82. The van der Waals surface area contributed by atoms with Gasteiger partial charge in [0.2, 0.25) is 11.9 Å². The van der Waals surface area contributed by atoms with Gasteiger partial charge in [-0.3, -0.25) is 0 Å². The molecule has 3 rings (SSSR count). The number of rotatable bonds is 4. The molecule has 0 aliphatic heterocycles. The van der Waals surface area contributed by atoms with E-state index in [0.717, 1.165) is 11.1 Å². The van der Waals surface area contributed by atoms with E-state index < -0.39 is 0 Å². The fraction of sp³-hybridized carbons (Fsp3) is 0.0667. The standard InChI is InChI=1S/C15H15N5/c16-14-18-15(20-19-14)17-13(11-7-3-1-4-8-11)12-9-5-2-6-10-12/h1-10,13H,(H4,16,17,18,19,20). The highest BCUT2D eigenvalue weighted by Crippen LogP contribution is 2.25. The second kappa shape index (κ2) is 5.44. The van der Waals surface area contributed by atoms with Crippen LogP contribution in [-0.4, -0.2) is 15.2 Å². The van der Waals surface area contributed by atoms with Crippen LogP contribution in [0.5, 0.6) is 0 Å². The molecular weight excluding hydrogens is 250 g/mol. The predicted molar refractivity (Wildman–Crippen MR) is 79.1 cm³/mol. The highest BCUT2D eigenvalue weighted by Gasteiger charge is 2.15. The Morgan fingerprint density at radius 3 is 1.90 bits per heavy atom. The summed E-state index contributed by atoms with van der Waals surface area (Å²) in [5, 5.41) is 9.96. The Morgan fingerprint density at radius 1 is 0.900 bits per heavy atom. The average molecular weight is 265 g/mol. The molecule has 100 valence electrons. The summed E-state index contributed by atoms with van der Waals surface area (Å²) >= 11 is 0. The number of benzene rings is 2. The molecule has 2 aromatic carbocycles. The third-order valence-electron chi connectivity index (χ3n) is 3.04. The number of nitrogens with zero attached hydrogens (tertiary/aromatic N) is 2. The summed E-state index contributed by atoms with van der Waals surface area (Å²) in [5.74, 6) is 0.785. The van der Waals surface area contributed by atoms with E-state index in [9.17, 15) is 0 Å². The summed E-state index contributed by atoms with van der Waals surface area (Å²) in [5.41, 5.74) is 7.84. The number of nitrogens with two attached hydrogens (primary N) is 1. The van der Waals surface area contributed by atoms with Crippen molar-refractivity contribution in [1.29, 1.82) is 0 Å².